The van der Waals surface area contributed by atoms with Crippen LogP contribution in [0.4, 0.5) is 0 Å². The van der Waals surface area contributed by atoms with E-state index in [9.17, 15) is 9.59 Å². The van der Waals surface area contributed by atoms with Crippen molar-refractivity contribution >= 4 is 11.9 Å². The van der Waals surface area contributed by atoms with E-state index in [0.717, 1.165) is 0 Å². The van der Waals surface area contributed by atoms with Crippen molar-refractivity contribution < 1.29 is 14.7 Å². The first-order valence-corrected chi connectivity index (χ1v) is 6.98. The van der Waals surface area contributed by atoms with E-state index >= 15 is 0 Å². The minimum Gasteiger partial charge on any atom is -0.481 e. The quantitative estimate of drug-likeness (QED) is 0.890. The predicted molar refractivity (Wildman–Crippen MR) is 75.4 cm³/mol. The van der Waals surface area contributed by atoms with Crippen molar-refractivity contribution in [3.8, 4) is 5.82 Å². The number of carbonyl (C=O) groups is 2. The molecule has 8 nitrogen and oxygen atoms in total. The number of hydrogen-bond donors (Lipinski definition) is 1. The van der Waals surface area contributed by atoms with Crippen molar-refractivity contribution in [2.24, 2.45) is 5.92 Å². The van der Waals surface area contributed by atoms with Crippen LogP contribution in [0.2, 0.25) is 0 Å². The van der Waals surface area contributed by atoms with Gasteiger partial charge < -0.3 is 10.0 Å². The average molecular weight is 301 g/mol. The molecular weight excluding hydrogens is 286 g/mol. The third-order valence-corrected chi connectivity index (χ3v) is 3.70. The Bertz CT molecular complexity index is 686. The standard InChI is InChI=1S/C14H15N5O3/c20-13(18-5-1-2-11(7-18)14(21)22)10-3-4-16-12(6-10)19-9-15-8-17-19/h3-4,6,8-9,11H,1-2,5,7H2,(H,21,22). The van der Waals surface area contributed by atoms with Gasteiger partial charge in [-0.1, -0.05) is 0 Å². The smallest absolute Gasteiger partial charge is 0.308 e. The van der Waals surface area contributed by atoms with Crippen LogP contribution in [0, 0.1) is 5.92 Å². The van der Waals surface area contributed by atoms with Crippen LogP contribution in [0.3, 0.4) is 0 Å². The molecule has 1 aliphatic rings. The van der Waals surface area contributed by atoms with E-state index < -0.39 is 11.9 Å². The molecule has 0 aliphatic carbocycles. The second kappa shape index (κ2) is 5.92. The first-order valence-electron chi connectivity index (χ1n) is 6.98. The van der Waals surface area contributed by atoms with E-state index in [0.29, 0.717) is 30.8 Å². The highest BCUT2D eigenvalue weighted by molar-refractivity contribution is 5.94. The van der Waals surface area contributed by atoms with Gasteiger partial charge in [-0.2, -0.15) is 5.10 Å². The van der Waals surface area contributed by atoms with Crippen LogP contribution in [-0.2, 0) is 4.79 Å². The minimum atomic E-state index is -0.851. The van der Waals surface area contributed by atoms with Crippen LogP contribution in [0.25, 0.3) is 5.82 Å². The van der Waals surface area contributed by atoms with Crippen LogP contribution < -0.4 is 0 Å². The summed E-state index contributed by atoms with van der Waals surface area (Å²) in [5.74, 6) is -1.03. The number of carbonyl (C=O) groups excluding carboxylic acids is 1. The monoisotopic (exact) mass is 301 g/mol. The fourth-order valence-corrected chi connectivity index (χ4v) is 2.55. The molecule has 3 heterocycles. The lowest BCUT2D eigenvalue weighted by molar-refractivity contribution is -0.143. The third kappa shape index (κ3) is 2.80. The lowest BCUT2D eigenvalue weighted by Gasteiger charge is -2.30. The predicted octanol–water partition coefficient (Wildman–Crippen LogP) is 0.599. The molecule has 3 rings (SSSR count). The second-order valence-electron chi connectivity index (χ2n) is 5.17. The molecule has 1 N–H and O–H groups in total. The van der Waals surface area contributed by atoms with E-state index in [-0.39, 0.29) is 12.5 Å². The lowest BCUT2D eigenvalue weighted by atomic mass is 9.98. The molecule has 1 unspecified atom stereocenters. The number of hydrogen-bond acceptors (Lipinski definition) is 5. The van der Waals surface area contributed by atoms with E-state index in [1.54, 1.807) is 17.0 Å². The zero-order valence-corrected chi connectivity index (χ0v) is 11.8. The van der Waals surface area contributed by atoms with Gasteiger partial charge in [-0.05, 0) is 25.0 Å². The summed E-state index contributed by atoms with van der Waals surface area (Å²) < 4.78 is 1.47. The molecule has 2 aromatic rings. The van der Waals surface area contributed by atoms with Gasteiger partial charge in [0.1, 0.15) is 12.7 Å². The number of piperidine rings is 1. The largest absolute Gasteiger partial charge is 0.481 e. The number of amides is 1. The summed E-state index contributed by atoms with van der Waals surface area (Å²) in [6.45, 7) is 0.818. The van der Waals surface area contributed by atoms with Crippen molar-refractivity contribution in [1.82, 2.24) is 24.6 Å². The highest BCUT2D eigenvalue weighted by Gasteiger charge is 2.28. The van der Waals surface area contributed by atoms with Gasteiger partial charge in [0, 0.05) is 24.8 Å². The zero-order valence-electron chi connectivity index (χ0n) is 11.8. The number of carboxylic acids is 1. The van der Waals surface area contributed by atoms with Crippen molar-refractivity contribution in [3.05, 3.63) is 36.5 Å². The first kappa shape index (κ1) is 14.2. The molecule has 0 spiro atoms. The van der Waals surface area contributed by atoms with Gasteiger partial charge in [-0.25, -0.2) is 14.6 Å². The summed E-state index contributed by atoms with van der Waals surface area (Å²) in [5.41, 5.74) is 0.464. The summed E-state index contributed by atoms with van der Waals surface area (Å²) in [5, 5.41) is 13.1. The molecule has 0 radical (unpaired) electrons. The Morgan fingerprint density at radius 2 is 2.23 bits per heavy atom. The van der Waals surface area contributed by atoms with Crippen molar-refractivity contribution in [2.75, 3.05) is 13.1 Å². The zero-order chi connectivity index (χ0) is 15.5. The third-order valence-electron chi connectivity index (χ3n) is 3.70. The van der Waals surface area contributed by atoms with Gasteiger partial charge in [0.25, 0.3) is 5.91 Å². The van der Waals surface area contributed by atoms with Gasteiger partial charge in [-0.15, -0.1) is 0 Å². The molecule has 1 fully saturated rings. The number of nitrogens with zero attached hydrogens (tertiary/aromatic N) is 5. The summed E-state index contributed by atoms with van der Waals surface area (Å²) in [4.78, 5) is 33.2. The Hall–Kier alpha value is -2.77. The second-order valence-corrected chi connectivity index (χ2v) is 5.17. The van der Waals surface area contributed by atoms with Gasteiger partial charge in [0.2, 0.25) is 0 Å². The number of pyridine rings is 1. The molecule has 1 atom stereocenters. The number of likely N-dealkylation sites (tertiary alicyclic amines) is 1. The normalized spacial score (nSPS) is 18.2. The SMILES string of the molecule is O=C(O)C1CCCN(C(=O)c2ccnc(-n3cncn3)c2)C1. The fraction of sp³-hybridized carbons (Fsp3) is 0.357. The number of aromatic nitrogens is 4. The summed E-state index contributed by atoms with van der Waals surface area (Å²) in [6.07, 6.45) is 5.72. The number of rotatable bonds is 3. The molecular formula is C14H15N5O3. The van der Waals surface area contributed by atoms with E-state index in [1.165, 1.54) is 23.5 Å². The first-order chi connectivity index (χ1) is 10.6. The van der Waals surface area contributed by atoms with Crippen LogP contribution in [-0.4, -0.2) is 54.7 Å². The molecule has 0 bridgehead atoms. The summed E-state index contributed by atoms with van der Waals surface area (Å²) in [7, 11) is 0. The van der Waals surface area contributed by atoms with Gasteiger partial charge in [-0.3, -0.25) is 9.59 Å². The molecule has 1 saturated heterocycles. The van der Waals surface area contributed by atoms with Gasteiger partial charge >= 0.3 is 5.97 Å². The average Bonchev–Trinajstić information content (AvgIpc) is 3.09. The van der Waals surface area contributed by atoms with Crippen LogP contribution >= 0.6 is 0 Å². The maximum atomic E-state index is 12.5. The Morgan fingerprint density at radius 3 is 2.95 bits per heavy atom. The number of aliphatic carboxylic acids is 1. The van der Waals surface area contributed by atoms with E-state index in [2.05, 4.69) is 15.1 Å². The Kier molecular flexibility index (Phi) is 3.82. The minimum absolute atomic E-state index is 0.185. The van der Waals surface area contributed by atoms with Gasteiger partial charge in [0.15, 0.2) is 5.82 Å². The molecule has 2 aromatic heterocycles. The molecule has 8 heteroatoms. The molecule has 114 valence electrons. The topological polar surface area (TPSA) is 101 Å². The van der Waals surface area contributed by atoms with Crippen molar-refractivity contribution in [3.63, 3.8) is 0 Å². The Balaban J connectivity index is 1.80. The molecule has 1 amide bonds. The summed E-state index contributed by atoms with van der Waals surface area (Å²) in [6, 6.07) is 3.24. The fourth-order valence-electron chi connectivity index (χ4n) is 2.55. The van der Waals surface area contributed by atoms with Crippen molar-refractivity contribution in [1.29, 1.82) is 0 Å². The van der Waals surface area contributed by atoms with E-state index in [1.807, 2.05) is 0 Å². The Labute approximate surface area is 126 Å². The van der Waals surface area contributed by atoms with Crippen LogP contribution in [0.1, 0.15) is 23.2 Å². The lowest BCUT2D eigenvalue weighted by Crippen LogP contribution is -2.42. The van der Waals surface area contributed by atoms with Crippen LogP contribution in [0.15, 0.2) is 31.0 Å². The molecule has 1 aliphatic heterocycles. The molecule has 22 heavy (non-hydrogen) atoms. The highest BCUT2D eigenvalue weighted by Crippen LogP contribution is 2.19. The summed E-state index contributed by atoms with van der Waals surface area (Å²) >= 11 is 0. The van der Waals surface area contributed by atoms with Crippen molar-refractivity contribution in [2.45, 2.75) is 12.8 Å². The number of carboxylic acid groups (broad SMARTS) is 1. The van der Waals surface area contributed by atoms with Crippen LogP contribution in [0.5, 0.6) is 0 Å². The Morgan fingerprint density at radius 1 is 1.36 bits per heavy atom. The molecule has 0 saturated carbocycles. The highest BCUT2D eigenvalue weighted by atomic mass is 16.4. The molecule has 0 aromatic carbocycles. The van der Waals surface area contributed by atoms with Gasteiger partial charge in [0.05, 0.1) is 5.92 Å². The van der Waals surface area contributed by atoms with E-state index in [4.69, 9.17) is 5.11 Å². The maximum Gasteiger partial charge on any atom is 0.308 e. The maximum absolute atomic E-state index is 12.5.